The van der Waals surface area contributed by atoms with Crippen molar-refractivity contribution < 1.29 is 27.8 Å². The van der Waals surface area contributed by atoms with E-state index in [1.54, 1.807) is 0 Å². The second kappa shape index (κ2) is 7.90. The second-order valence-electron chi connectivity index (χ2n) is 3.94. The molecule has 0 unspecified atom stereocenters. The minimum atomic E-state index is -3.88. The average molecular weight is 324 g/mol. The SMILES string of the molecule is CCOC(=O)C(F)(F)[C@H](N)c1cccc(C(=O)OC)c1.Cl. The molecule has 0 heterocycles. The first-order valence-electron chi connectivity index (χ1n) is 5.83. The first-order chi connectivity index (χ1) is 9.34. The summed E-state index contributed by atoms with van der Waals surface area (Å²) in [7, 11) is 1.17. The van der Waals surface area contributed by atoms with Crippen molar-refractivity contribution in [3.63, 3.8) is 0 Å². The quantitative estimate of drug-likeness (QED) is 0.839. The zero-order chi connectivity index (χ0) is 15.3. The lowest BCUT2D eigenvalue weighted by Crippen LogP contribution is -2.41. The van der Waals surface area contributed by atoms with Crippen LogP contribution in [0, 0.1) is 0 Å². The van der Waals surface area contributed by atoms with Crippen LogP contribution in [-0.4, -0.2) is 31.6 Å². The Labute approximate surface area is 126 Å². The number of benzene rings is 1. The molecule has 1 aromatic carbocycles. The van der Waals surface area contributed by atoms with E-state index in [9.17, 15) is 18.4 Å². The van der Waals surface area contributed by atoms with Crippen LogP contribution in [0.4, 0.5) is 8.78 Å². The van der Waals surface area contributed by atoms with Crippen molar-refractivity contribution in [2.45, 2.75) is 18.9 Å². The zero-order valence-corrected chi connectivity index (χ0v) is 12.3. The van der Waals surface area contributed by atoms with E-state index in [1.807, 2.05) is 0 Å². The Morgan fingerprint density at radius 3 is 2.52 bits per heavy atom. The van der Waals surface area contributed by atoms with Gasteiger partial charge < -0.3 is 15.2 Å². The number of nitrogens with two attached hydrogens (primary N) is 1. The predicted molar refractivity (Wildman–Crippen MR) is 73.5 cm³/mol. The fraction of sp³-hybridized carbons (Fsp3) is 0.385. The average Bonchev–Trinajstić information content (AvgIpc) is 2.45. The summed E-state index contributed by atoms with van der Waals surface area (Å²) in [6, 6.07) is 3.31. The van der Waals surface area contributed by atoms with Crippen LogP contribution in [0.1, 0.15) is 28.9 Å². The molecule has 1 aromatic rings. The van der Waals surface area contributed by atoms with Crippen LogP contribution in [0.3, 0.4) is 0 Å². The Balaban J connectivity index is 0.00000400. The second-order valence-corrected chi connectivity index (χ2v) is 3.94. The summed E-state index contributed by atoms with van der Waals surface area (Å²) >= 11 is 0. The molecule has 21 heavy (non-hydrogen) atoms. The summed E-state index contributed by atoms with van der Waals surface area (Å²) in [6.07, 6.45) is 0. The summed E-state index contributed by atoms with van der Waals surface area (Å²) in [6.45, 7) is 1.24. The Morgan fingerprint density at radius 2 is 2.00 bits per heavy atom. The first kappa shape index (κ1) is 19.3. The molecule has 0 amide bonds. The van der Waals surface area contributed by atoms with Gasteiger partial charge in [-0.25, -0.2) is 9.59 Å². The molecular formula is C13H16ClF2NO4. The van der Waals surface area contributed by atoms with Gasteiger partial charge >= 0.3 is 17.9 Å². The Bertz CT molecular complexity index is 511. The molecule has 0 saturated carbocycles. The molecule has 0 aromatic heterocycles. The standard InChI is InChI=1S/C13H15F2NO4.ClH/c1-3-20-12(18)13(14,15)10(16)8-5-4-6-9(7-8)11(17)19-2;/h4-7,10H,3,16H2,1-2H3;1H/t10-;/m1./s1. The third-order valence-electron chi connectivity index (χ3n) is 2.61. The highest BCUT2D eigenvalue weighted by atomic mass is 35.5. The van der Waals surface area contributed by atoms with Crippen molar-refractivity contribution in [2.24, 2.45) is 5.73 Å². The molecule has 2 N–H and O–H groups in total. The van der Waals surface area contributed by atoms with E-state index in [0.29, 0.717) is 0 Å². The van der Waals surface area contributed by atoms with Crippen molar-refractivity contribution in [3.8, 4) is 0 Å². The number of rotatable bonds is 5. The summed E-state index contributed by atoms with van der Waals surface area (Å²) in [4.78, 5) is 22.5. The highest BCUT2D eigenvalue weighted by Gasteiger charge is 2.47. The number of carbonyl (C=O) groups is 2. The van der Waals surface area contributed by atoms with Crippen LogP contribution in [0.2, 0.25) is 0 Å². The fourth-order valence-electron chi connectivity index (χ4n) is 1.54. The van der Waals surface area contributed by atoms with Crippen molar-refractivity contribution in [3.05, 3.63) is 35.4 Å². The molecule has 0 fully saturated rings. The Kier molecular flexibility index (Phi) is 7.25. The van der Waals surface area contributed by atoms with Gasteiger partial charge in [-0.05, 0) is 24.6 Å². The van der Waals surface area contributed by atoms with Gasteiger partial charge in [0, 0.05) is 0 Å². The minimum absolute atomic E-state index is 0. The molecule has 1 atom stereocenters. The van der Waals surface area contributed by atoms with Gasteiger partial charge in [-0.15, -0.1) is 12.4 Å². The molecule has 118 valence electrons. The van der Waals surface area contributed by atoms with Crippen LogP contribution in [-0.2, 0) is 14.3 Å². The van der Waals surface area contributed by atoms with E-state index in [0.717, 1.165) is 6.07 Å². The first-order valence-corrected chi connectivity index (χ1v) is 5.83. The van der Waals surface area contributed by atoms with E-state index in [4.69, 9.17) is 5.73 Å². The molecule has 0 saturated heterocycles. The maximum atomic E-state index is 13.8. The highest BCUT2D eigenvalue weighted by Crippen LogP contribution is 2.31. The molecule has 5 nitrogen and oxygen atoms in total. The van der Waals surface area contributed by atoms with Crippen LogP contribution < -0.4 is 5.73 Å². The summed E-state index contributed by atoms with van der Waals surface area (Å²) < 4.78 is 36.3. The van der Waals surface area contributed by atoms with E-state index in [-0.39, 0.29) is 30.1 Å². The Morgan fingerprint density at radius 1 is 1.38 bits per heavy atom. The molecule has 0 aliphatic rings. The Hall–Kier alpha value is -1.73. The lowest BCUT2D eigenvalue weighted by molar-refractivity contribution is -0.174. The smallest absolute Gasteiger partial charge is 0.379 e. The molecule has 0 aliphatic carbocycles. The normalized spacial score (nSPS) is 12.0. The van der Waals surface area contributed by atoms with Crippen LogP contribution >= 0.6 is 12.4 Å². The predicted octanol–water partition coefficient (Wildman–Crippen LogP) is 2.09. The van der Waals surface area contributed by atoms with Gasteiger partial charge in [0.05, 0.1) is 19.3 Å². The third kappa shape index (κ3) is 4.37. The fourth-order valence-corrected chi connectivity index (χ4v) is 1.54. The third-order valence-corrected chi connectivity index (χ3v) is 2.61. The number of alkyl halides is 2. The van der Waals surface area contributed by atoms with Crippen molar-refractivity contribution in [1.29, 1.82) is 0 Å². The van der Waals surface area contributed by atoms with Gasteiger partial charge in [-0.1, -0.05) is 12.1 Å². The van der Waals surface area contributed by atoms with Gasteiger partial charge in [0.2, 0.25) is 0 Å². The number of methoxy groups -OCH3 is 1. The number of ether oxygens (including phenoxy) is 2. The summed E-state index contributed by atoms with van der Waals surface area (Å²) in [5, 5.41) is 0. The molecule has 0 radical (unpaired) electrons. The van der Waals surface area contributed by atoms with Crippen molar-refractivity contribution >= 4 is 24.3 Å². The lowest BCUT2D eigenvalue weighted by Gasteiger charge is -2.22. The topological polar surface area (TPSA) is 78.6 Å². The zero-order valence-electron chi connectivity index (χ0n) is 11.5. The van der Waals surface area contributed by atoms with Gasteiger partial charge in [0.25, 0.3) is 0 Å². The molecule has 8 heteroatoms. The van der Waals surface area contributed by atoms with E-state index in [1.165, 1.54) is 32.2 Å². The molecular weight excluding hydrogens is 308 g/mol. The minimum Gasteiger partial charge on any atom is -0.465 e. The van der Waals surface area contributed by atoms with Crippen LogP contribution in [0.5, 0.6) is 0 Å². The molecule has 1 rings (SSSR count). The van der Waals surface area contributed by atoms with Crippen LogP contribution in [0.15, 0.2) is 24.3 Å². The monoisotopic (exact) mass is 323 g/mol. The van der Waals surface area contributed by atoms with Crippen LogP contribution in [0.25, 0.3) is 0 Å². The van der Waals surface area contributed by atoms with Gasteiger partial charge in [-0.2, -0.15) is 8.78 Å². The number of hydrogen-bond donors (Lipinski definition) is 1. The van der Waals surface area contributed by atoms with Crippen molar-refractivity contribution in [1.82, 2.24) is 0 Å². The highest BCUT2D eigenvalue weighted by molar-refractivity contribution is 5.89. The molecule has 0 spiro atoms. The maximum absolute atomic E-state index is 13.8. The number of hydrogen-bond acceptors (Lipinski definition) is 5. The van der Waals surface area contributed by atoms with Gasteiger partial charge in [0.1, 0.15) is 6.04 Å². The lowest BCUT2D eigenvalue weighted by atomic mass is 9.99. The van der Waals surface area contributed by atoms with Crippen molar-refractivity contribution in [2.75, 3.05) is 13.7 Å². The van der Waals surface area contributed by atoms with Gasteiger partial charge in [0.15, 0.2) is 0 Å². The number of esters is 2. The molecule has 0 aliphatic heterocycles. The summed E-state index contributed by atoms with van der Waals surface area (Å²) in [5.74, 6) is -6.26. The maximum Gasteiger partial charge on any atom is 0.379 e. The largest absolute Gasteiger partial charge is 0.465 e. The van der Waals surface area contributed by atoms with E-state index < -0.39 is 23.9 Å². The van der Waals surface area contributed by atoms with E-state index >= 15 is 0 Å². The number of halogens is 3. The van der Waals surface area contributed by atoms with E-state index in [2.05, 4.69) is 9.47 Å². The number of carbonyl (C=O) groups excluding carboxylic acids is 2. The summed E-state index contributed by atoms with van der Waals surface area (Å²) in [5.41, 5.74) is 5.42. The van der Waals surface area contributed by atoms with Gasteiger partial charge in [-0.3, -0.25) is 0 Å². The molecule has 0 bridgehead atoms.